The second-order valence-corrected chi connectivity index (χ2v) is 7.25. The van der Waals surface area contributed by atoms with Gasteiger partial charge in [0, 0.05) is 12.4 Å². The van der Waals surface area contributed by atoms with E-state index in [1.165, 1.54) is 4.90 Å². The Morgan fingerprint density at radius 2 is 2.00 bits per heavy atom. The van der Waals surface area contributed by atoms with Crippen molar-refractivity contribution in [3.05, 3.63) is 16.1 Å². The molecule has 0 N–H and O–H groups in total. The number of urea groups is 1. The van der Waals surface area contributed by atoms with E-state index >= 15 is 0 Å². The predicted octanol–water partition coefficient (Wildman–Crippen LogP) is 3.36. The van der Waals surface area contributed by atoms with Crippen LogP contribution in [-0.4, -0.2) is 39.3 Å². The van der Waals surface area contributed by atoms with Gasteiger partial charge in [0.2, 0.25) is 0 Å². The molecule has 1 aliphatic heterocycles. The maximum Gasteiger partial charge on any atom is 0.328 e. The van der Waals surface area contributed by atoms with Gasteiger partial charge in [-0.2, -0.15) is 0 Å². The van der Waals surface area contributed by atoms with Crippen molar-refractivity contribution in [1.29, 1.82) is 0 Å². The molecule has 0 radical (unpaired) electrons. The zero-order chi connectivity index (χ0) is 15.9. The van der Waals surface area contributed by atoms with Crippen LogP contribution >= 0.6 is 11.3 Å². The highest BCUT2D eigenvalue weighted by Crippen LogP contribution is 2.42. The number of imide groups is 1. The van der Waals surface area contributed by atoms with Crippen LogP contribution in [0.15, 0.2) is 5.38 Å². The van der Waals surface area contributed by atoms with Crippen LogP contribution in [0.1, 0.15) is 62.7 Å². The Morgan fingerprint density at radius 3 is 2.59 bits per heavy atom. The van der Waals surface area contributed by atoms with E-state index in [-0.39, 0.29) is 18.0 Å². The summed E-state index contributed by atoms with van der Waals surface area (Å²) in [5.41, 5.74) is 0.220. The molecule has 1 spiro atoms. The standard InChI is InChI=1S/C16H23N3O2S/c1-4-13-17-12(10-22-13)11(2)19-14(20)16(18(3)15(19)21)8-6-5-7-9-16/h10-11H,4-9H2,1-3H3/t11-/m0/s1. The van der Waals surface area contributed by atoms with E-state index in [9.17, 15) is 9.59 Å². The maximum atomic E-state index is 13.0. The van der Waals surface area contributed by atoms with Crippen LogP contribution in [0.2, 0.25) is 0 Å². The summed E-state index contributed by atoms with van der Waals surface area (Å²) in [6.07, 6.45) is 5.63. The third-order valence-corrected chi connectivity index (χ3v) is 6.13. The van der Waals surface area contributed by atoms with Crippen LogP contribution in [0.4, 0.5) is 4.79 Å². The second kappa shape index (κ2) is 5.65. The summed E-state index contributed by atoms with van der Waals surface area (Å²) in [6, 6.07) is -0.467. The van der Waals surface area contributed by atoms with Gasteiger partial charge in [0.05, 0.1) is 16.7 Å². The lowest BCUT2D eigenvalue weighted by atomic mass is 9.80. The summed E-state index contributed by atoms with van der Waals surface area (Å²) < 4.78 is 0. The van der Waals surface area contributed by atoms with E-state index in [1.54, 1.807) is 23.3 Å². The largest absolute Gasteiger partial charge is 0.328 e. The number of thiazole rings is 1. The van der Waals surface area contributed by atoms with Gasteiger partial charge in [-0.15, -0.1) is 11.3 Å². The molecule has 1 aromatic rings. The quantitative estimate of drug-likeness (QED) is 0.802. The van der Waals surface area contributed by atoms with Crippen LogP contribution < -0.4 is 0 Å². The number of amides is 3. The van der Waals surface area contributed by atoms with Crippen molar-refractivity contribution in [2.45, 2.75) is 64.0 Å². The minimum Gasteiger partial charge on any atom is -0.313 e. The molecule has 1 atom stereocenters. The van der Waals surface area contributed by atoms with E-state index in [0.29, 0.717) is 0 Å². The van der Waals surface area contributed by atoms with E-state index in [2.05, 4.69) is 11.9 Å². The molecule has 0 unspecified atom stereocenters. The van der Waals surface area contributed by atoms with Crippen molar-refractivity contribution in [2.75, 3.05) is 7.05 Å². The number of carbonyl (C=O) groups is 2. The third-order valence-electron chi connectivity index (χ3n) is 5.12. The summed E-state index contributed by atoms with van der Waals surface area (Å²) in [6.45, 7) is 3.96. The second-order valence-electron chi connectivity index (χ2n) is 6.30. The highest BCUT2D eigenvalue weighted by atomic mass is 32.1. The molecule has 1 aliphatic carbocycles. The average molecular weight is 321 g/mol. The number of rotatable bonds is 3. The molecular formula is C16H23N3O2S. The molecule has 1 saturated carbocycles. The summed E-state index contributed by atoms with van der Waals surface area (Å²) in [7, 11) is 1.77. The molecule has 1 aromatic heterocycles. The zero-order valence-electron chi connectivity index (χ0n) is 13.5. The lowest BCUT2D eigenvalue weighted by Crippen LogP contribution is -2.49. The molecule has 2 aliphatic rings. The van der Waals surface area contributed by atoms with Crippen molar-refractivity contribution in [1.82, 2.24) is 14.8 Å². The lowest BCUT2D eigenvalue weighted by Gasteiger charge is -2.36. The van der Waals surface area contributed by atoms with Gasteiger partial charge in [0.1, 0.15) is 5.54 Å². The van der Waals surface area contributed by atoms with E-state index in [4.69, 9.17) is 0 Å². The molecule has 3 amide bonds. The van der Waals surface area contributed by atoms with E-state index in [1.807, 2.05) is 12.3 Å². The number of carbonyl (C=O) groups excluding carboxylic acids is 2. The van der Waals surface area contributed by atoms with Gasteiger partial charge < -0.3 is 4.90 Å². The average Bonchev–Trinajstić information content (AvgIpc) is 3.08. The third kappa shape index (κ3) is 2.16. The number of hydrogen-bond acceptors (Lipinski definition) is 4. The first-order valence-electron chi connectivity index (χ1n) is 8.07. The number of hydrogen-bond donors (Lipinski definition) is 0. The molecule has 6 heteroatoms. The molecule has 0 aromatic carbocycles. The smallest absolute Gasteiger partial charge is 0.313 e. The van der Waals surface area contributed by atoms with Crippen molar-refractivity contribution in [3.8, 4) is 0 Å². The first-order valence-corrected chi connectivity index (χ1v) is 8.95. The van der Waals surface area contributed by atoms with Gasteiger partial charge in [0.25, 0.3) is 5.91 Å². The first-order chi connectivity index (χ1) is 10.5. The zero-order valence-corrected chi connectivity index (χ0v) is 14.3. The van der Waals surface area contributed by atoms with Crippen LogP contribution in [0.5, 0.6) is 0 Å². The number of nitrogens with zero attached hydrogens (tertiary/aromatic N) is 3. The van der Waals surface area contributed by atoms with Crippen LogP contribution in [0, 0.1) is 0 Å². The van der Waals surface area contributed by atoms with Gasteiger partial charge in [-0.25, -0.2) is 9.78 Å². The molecule has 1 saturated heterocycles. The van der Waals surface area contributed by atoms with Gasteiger partial charge in [-0.1, -0.05) is 26.2 Å². The number of likely N-dealkylation sites (N-methyl/N-ethyl adjacent to an activating group) is 1. The van der Waals surface area contributed by atoms with Gasteiger partial charge in [0.15, 0.2) is 0 Å². The van der Waals surface area contributed by atoms with Crippen molar-refractivity contribution < 1.29 is 9.59 Å². The topological polar surface area (TPSA) is 53.5 Å². The normalized spacial score (nSPS) is 22.7. The van der Waals surface area contributed by atoms with Gasteiger partial charge >= 0.3 is 6.03 Å². The highest BCUT2D eigenvalue weighted by molar-refractivity contribution is 7.09. The number of aryl methyl sites for hydroxylation is 1. The van der Waals surface area contributed by atoms with Crippen LogP contribution in [0.3, 0.4) is 0 Å². The van der Waals surface area contributed by atoms with Crippen LogP contribution in [-0.2, 0) is 11.2 Å². The Morgan fingerprint density at radius 1 is 1.32 bits per heavy atom. The Balaban J connectivity index is 1.90. The Labute approximate surface area is 135 Å². The van der Waals surface area contributed by atoms with E-state index in [0.717, 1.165) is 49.2 Å². The lowest BCUT2D eigenvalue weighted by molar-refractivity contribution is -0.135. The monoisotopic (exact) mass is 321 g/mol. The Hall–Kier alpha value is -1.43. The predicted molar refractivity (Wildman–Crippen MR) is 85.7 cm³/mol. The summed E-state index contributed by atoms with van der Waals surface area (Å²) in [5, 5.41) is 3.01. The van der Waals surface area contributed by atoms with Crippen molar-refractivity contribution in [2.24, 2.45) is 0 Å². The van der Waals surface area contributed by atoms with Crippen molar-refractivity contribution >= 4 is 23.3 Å². The Kier molecular flexibility index (Phi) is 3.97. The SMILES string of the molecule is CCc1nc([C@H](C)N2C(=O)N(C)C3(CCCCC3)C2=O)cs1. The Bertz CT molecular complexity index is 592. The summed E-state index contributed by atoms with van der Waals surface area (Å²) in [5.74, 6) is -0.0294. The molecule has 5 nitrogen and oxygen atoms in total. The first kappa shape index (κ1) is 15.5. The highest BCUT2D eigenvalue weighted by Gasteiger charge is 2.56. The van der Waals surface area contributed by atoms with Gasteiger partial charge in [-0.05, 0) is 26.2 Å². The fourth-order valence-electron chi connectivity index (χ4n) is 3.64. The molecule has 2 fully saturated rings. The number of aromatic nitrogens is 1. The van der Waals surface area contributed by atoms with Crippen LogP contribution in [0.25, 0.3) is 0 Å². The molecule has 2 heterocycles. The summed E-state index contributed by atoms with van der Waals surface area (Å²) in [4.78, 5) is 33.4. The van der Waals surface area contributed by atoms with Crippen molar-refractivity contribution in [3.63, 3.8) is 0 Å². The van der Waals surface area contributed by atoms with E-state index < -0.39 is 5.54 Å². The van der Waals surface area contributed by atoms with Gasteiger partial charge in [-0.3, -0.25) is 9.69 Å². The molecule has 120 valence electrons. The fourth-order valence-corrected chi connectivity index (χ4v) is 4.47. The fraction of sp³-hybridized carbons (Fsp3) is 0.688. The molecule has 22 heavy (non-hydrogen) atoms. The summed E-state index contributed by atoms with van der Waals surface area (Å²) >= 11 is 1.59. The maximum absolute atomic E-state index is 13.0. The molecule has 0 bridgehead atoms. The minimum absolute atomic E-state index is 0.0294. The molecular weight excluding hydrogens is 298 g/mol. The molecule has 3 rings (SSSR count). The minimum atomic E-state index is -0.604.